The van der Waals surface area contributed by atoms with Crippen molar-refractivity contribution >= 4 is 38.1 Å². The largest absolute Gasteiger partial charge is 0.326 e. The van der Waals surface area contributed by atoms with Crippen molar-refractivity contribution in [1.82, 2.24) is 4.98 Å². The molecule has 0 bridgehead atoms. The van der Waals surface area contributed by atoms with Gasteiger partial charge in [0.25, 0.3) is 10.0 Å². The van der Waals surface area contributed by atoms with Gasteiger partial charge in [0.2, 0.25) is 5.91 Å². The third-order valence-electron chi connectivity index (χ3n) is 4.03. The van der Waals surface area contributed by atoms with Gasteiger partial charge in [0.05, 0.1) is 17.0 Å². The molecule has 0 aliphatic carbocycles. The highest BCUT2D eigenvalue weighted by atomic mass is 32.2. The number of hydrogen-bond acceptors (Lipinski definition) is 5. The van der Waals surface area contributed by atoms with Crippen LogP contribution in [0.3, 0.4) is 0 Å². The quantitative estimate of drug-likeness (QED) is 0.604. The third kappa shape index (κ3) is 5.17. The summed E-state index contributed by atoms with van der Waals surface area (Å²) in [6, 6.07) is 15.8. The molecule has 0 fully saturated rings. The molecular formula is C20H21N3O3S2. The molecule has 3 rings (SSSR count). The van der Waals surface area contributed by atoms with Crippen molar-refractivity contribution in [1.29, 1.82) is 0 Å². The molecule has 1 amide bonds. The summed E-state index contributed by atoms with van der Waals surface area (Å²) in [7, 11) is -3.69. The first-order chi connectivity index (χ1) is 13.3. The molecule has 3 aromatic rings. The van der Waals surface area contributed by atoms with Crippen molar-refractivity contribution in [2.24, 2.45) is 0 Å². The highest BCUT2D eigenvalue weighted by Crippen LogP contribution is 2.21. The second kappa shape index (κ2) is 8.53. The van der Waals surface area contributed by atoms with Gasteiger partial charge in [-0.3, -0.25) is 9.52 Å². The molecule has 146 valence electrons. The molecule has 0 aliphatic heterocycles. The Morgan fingerprint density at radius 3 is 2.39 bits per heavy atom. The summed E-state index contributed by atoms with van der Waals surface area (Å²) < 4.78 is 27.1. The van der Waals surface area contributed by atoms with Crippen LogP contribution < -0.4 is 10.0 Å². The van der Waals surface area contributed by atoms with E-state index in [1.807, 2.05) is 24.3 Å². The van der Waals surface area contributed by atoms with Crippen molar-refractivity contribution in [2.75, 3.05) is 10.0 Å². The number of thiazole rings is 1. The molecule has 1 heterocycles. The molecule has 0 spiro atoms. The predicted octanol–water partition coefficient (Wildman–Crippen LogP) is 4.25. The van der Waals surface area contributed by atoms with Gasteiger partial charge in [-0.15, -0.1) is 11.3 Å². The van der Waals surface area contributed by atoms with Crippen molar-refractivity contribution in [2.45, 2.75) is 31.1 Å². The van der Waals surface area contributed by atoms with Crippen LogP contribution in [0.15, 0.2) is 64.9 Å². The van der Waals surface area contributed by atoms with E-state index in [1.165, 1.54) is 17.7 Å². The van der Waals surface area contributed by atoms with Crippen LogP contribution in [0.5, 0.6) is 0 Å². The first-order valence-corrected chi connectivity index (χ1v) is 11.1. The zero-order valence-electron chi connectivity index (χ0n) is 15.5. The molecule has 0 atom stereocenters. The van der Waals surface area contributed by atoms with E-state index in [2.05, 4.69) is 28.9 Å². The van der Waals surface area contributed by atoms with E-state index < -0.39 is 10.0 Å². The fourth-order valence-corrected chi connectivity index (χ4v) is 4.51. The fraction of sp³-hybridized carbons (Fsp3) is 0.200. The molecule has 0 saturated carbocycles. The van der Waals surface area contributed by atoms with E-state index in [0.717, 1.165) is 17.0 Å². The summed E-state index contributed by atoms with van der Waals surface area (Å²) in [5.74, 6) is 0.220. The maximum atomic E-state index is 12.3. The number of rotatable bonds is 7. The Labute approximate surface area is 168 Å². The van der Waals surface area contributed by atoms with Crippen LogP contribution in [-0.2, 0) is 21.2 Å². The van der Waals surface area contributed by atoms with E-state index in [1.54, 1.807) is 23.6 Å². The number of sulfonamides is 1. The number of nitrogens with one attached hydrogen (secondary N) is 2. The SMILES string of the molecule is CC(C)c1ccc(NC(=O)Cc2csc(NS(=O)(=O)c3ccccc3)n2)cc1. The minimum atomic E-state index is -3.69. The van der Waals surface area contributed by atoms with Crippen LogP contribution in [0, 0.1) is 0 Å². The van der Waals surface area contributed by atoms with Gasteiger partial charge >= 0.3 is 0 Å². The van der Waals surface area contributed by atoms with Crippen LogP contribution in [0.4, 0.5) is 10.8 Å². The van der Waals surface area contributed by atoms with Gasteiger partial charge in [-0.05, 0) is 35.7 Å². The number of amides is 1. The summed E-state index contributed by atoms with van der Waals surface area (Å²) in [5.41, 5.74) is 2.43. The monoisotopic (exact) mass is 415 g/mol. The van der Waals surface area contributed by atoms with E-state index in [0.29, 0.717) is 11.6 Å². The summed E-state index contributed by atoms with van der Waals surface area (Å²) in [5, 5.41) is 4.73. The topological polar surface area (TPSA) is 88.2 Å². The number of hydrogen-bond donors (Lipinski definition) is 2. The lowest BCUT2D eigenvalue weighted by Gasteiger charge is -2.08. The minimum absolute atomic E-state index is 0.0650. The maximum absolute atomic E-state index is 12.3. The molecule has 6 nitrogen and oxygen atoms in total. The van der Waals surface area contributed by atoms with E-state index >= 15 is 0 Å². The fourth-order valence-electron chi connectivity index (χ4n) is 2.53. The standard InChI is InChI=1S/C20H21N3O3S2/c1-14(2)15-8-10-16(11-9-15)21-19(24)12-17-13-27-20(22-17)23-28(25,26)18-6-4-3-5-7-18/h3-11,13-14H,12H2,1-2H3,(H,21,24)(H,22,23). The summed E-state index contributed by atoms with van der Waals surface area (Å²) in [6.45, 7) is 4.22. The average molecular weight is 416 g/mol. The van der Waals surface area contributed by atoms with E-state index in [-0.39, 0.29) is 22.4 Å². The second-order valence-corrected chi connectivity index (χ2v) is 9.10. The Kier molecular flexibility index (Phi) is 6.11. The molecule has 28 heavy (non-hydrogen) atoms. The van der Waals surface area contributed by atoms with E-state index in [9.17, 15) is 13.2 Å². The van der Waals surface area contributed by atoms with Gasteiger partial charge in [0, 0.05) is 11.1 Å². The molecule has 2 N–H and O–H groups in total. The van der Waals surface area contributed by atoms with Crippen molar-refractivity contribution in [3.8, 4) is 0 Å². The van der Waals surface area contributed by atoms with Crippen LogP contribution in [0.1, 0.15) is 31.0 Å². The Hall–Kier alpha value is -2.71. The first-order valence-electron chi connectivity index (χ1n) is 8.75. The molecular weight excluding hydrogens is 394 g/mol. The Balaban J connectivity index is 1.60. The van der Waals surface area contributed by atoms with Crippen LogP contribution in [0.25, 0.3) is 0 Å². The van der Waals surface area contributed by atoms with Crippen LogP contribution in [-0.4, -0.2) is 19.3 Å². The Bertz CT molecular complexity index is 1040. The molecule has 1 aromatic heterocycles. The van der Waals surface area contributed by atoms with Gasteiger partial charge in [0.15, 0.2) is 5.13 Å². The highest BCUT2D eigenvalue weighted by Gasteiger charge is 2.16. The lowest BCUT2D eigenvalue weighted by molar-refractivity contribution is -0.115. The highest BCUT2D eigenvalue weighted by molar-refractivity contribution is 7.93. The van der Waals surface area contributed by atoms with Gasteiger partial charge in [-0.2, -0.15) is 0 Å². The molecule has 2 aromatic carbocycles. The number of carbonyl (C=O) groups is 1. The third-order valence-corrected chi connectivity index (χ3v) is 6.32. The normalized spacial score (nSPS) is 11.4. The average Bonchev–Trinajstić information content (AvgIpc) is 3.08. The molecule has 0 saturated heterocycles. The van der Waals surface area contributed by atoms with Crippen LogP contribution in [0.2, 0.25) is 0 Å². The zero-order chi connectivity index (χ0) is 20.1. The molecule has 0 radical (unpaired) electrons. The lowest BCUT2D eigenvalue weighted by atomic mass is 10.0. The molecule has 0 unspecified atom stereocenters. The zero-order valence-corrected chi connectivity index (χ0v) is 17.2. The first kappa shape index (κ1) is 20.0. The number of nitrogens with zero attached hydrogens (tertiary/aromatic N) is 1. The molecule has 8 heteroatoms. The van der Waals surface area contributed by atoms with Crippen LogP contribution >= 0.6 is 11.3 Å². The maximum Gasteiger partial charge on any atom is 0.263 e. The summed E-state index contributed by atoms with van der Waals surface area (Å²) in [6.07, 6.45) is 0.0650. The number of carbonyl (C=O) groups excluding carboxylic acids is 1. The summed E-state index contributed by atoms with van der Waals surface area (Å²) >= 11 is 1.14. The number of anilines is 2. The summed E-state index contributed by atoms with van der Waals surface area (Å²) in [4.78, 5) is 16.6. The predicted molar refractivity (Wildman–Crippen MR) is 112 cm³/mol. The number of benzene rings is 2. The lowest BCUT2D eigenvalue weighted by Crippen LogP contribution is -2.15. The van der Waals surface area contributed by atoms with Gasteiger partial charge in [-0.25, -0.2) is 13.4 Å². The Morgan fingerprint density at radius 1 is 1.07 bits per heavy atom. The number of aromatic nitrogens is 1. The molecule has 0 aliphatic rings. The van der Waals surface area contributed by atoms with Crippen molar-refractivity contribution in [3.05, 3.63) is 71.2 Å². The van der Waals surface area contributed by atoms with Gasteiger partial charge in [0.1, 0.15) is 0 Å². The van der Waals surface area contributed by atoms with Crippen molar-refractivity contribution < 1.29 is 13.2 Å². The van der Waals surface area contributed by atoms with Gasteiger partial charge in [-0.1, -0.05) is 44.2 Å². The van der Waals surface area contributed by atoms with Crippen molar-refractivity contribution in [3.63, 3.8) is 0 Å². The van der Waals surface area contributed by atoms with Gasteiger partial charge < -0.3 is 5.32 Å². The second-order valence-electron chi connectivity index (χ2n) is 6.56. The smallest absolute Gasteiger partial charge is 0.263 e. The minimum Gasteiger partial charge on any atom is -0.326 e. The van der Waals surface area contributed by atoms with E-state index in [4.69, 9.17) is 0 Å². The Morgan fingerprint density at radius 2 is 1.75 bits per heavy atom.